The zero-order valence-electron chi connectivity index (χ0n) is 14.7. The molecular formula is C21H23ClN2O2. The Hall–Kier alpha value is -2.04. The van der Waals surface area contributed by atoms with Gasteiger partial charge in [0, 0.05) is 24.5 Å². The van der Waals surface area contributed by atoms with Gasteiger partial charge in [-0.15, -0.1) is 0 Å². The Kier molecular flexibility index (Phi) is 5.14. The summed E-state index contributed by atoms with van der Waals surface area (Å²) in [6, 6.07) is 13.8. The Morgan fingerprint density at radius 1 is 1.15 bits per heavy atom. The maximum absolute atomic E-state index is 12.5. The smallest absolute Gasteiger partial charge is 0.261 e. The highest BCUT2D eigenvalue weighted by Crippen LogP contribution is 2.31. The zero-order valence-corrected chi connectivity index (χ0v) is 15.5. The summed E-state index contributed by atoms with van der Waals surface area (Å²) in [5.74, 6) is 0.678. The maximum Gasteiger partial charge on any atom is 0.261 e. The van der Waals surface area contributed by atoms with E-state index in [1.165, 1.54) is 24.0 Å². The van der Waals surface area contributed by atoms with Gasteiger partial charge in [0.1, 0.15) is 5.75 Å². The number of benzene rings is 2. The molecule has 5 heteroatoms. The van der Waals surface area contributed by atoms with Crippen molar-refractivity contribution in [2.24, 2.45) is 0 Å². The van der Waals surface area contributed by atoms with Crippen LogP contribution in [0.4, 0.5) is 0 Å². The first kappa shape index (κ1) is 17.4. The number of amides is 1. The first-order valence-electron chi connectivity index (χ1n) is 9.21. The first-order valence-corrected chi connectivity index (χ1v) is 9.59. The van der Waals surface area contributed by atoms with Gasteiger partial charge in [-0.05, 0) is 60.8 Å². The zero-order chi connectivity index (χ0) is 17.9. The van der Waals surface area contributed by atoms with Crippen molar-refractivity contribution in [2.45, 2.75) is 38.5 Å². The molecule has 4 nitrogen and oxygen atoms in total. The molecule has 2 heterocycles. The summed E-state index contributed by atoms with van der Waals surface area (Å²) in [6.07, 6.45) is 2.65. The Labute approximate surface area is 159 Å². The second kappa shape index (κ2) is 7.68. The van der Waals surface area contributed by atoms with Crippen molar-refractivity contribution >= 4 is 17.5 Å². The van der Waals surface area contributed by atoms with E-state index in [9.17, 15) is 4.79 Å². The third kappa shape index (κ3) is 3.87. The molecular weight excluding hydrogens is 348 g/mol. The Morgan fingerprint density at radius 3 is 2.73 bits per heavy atom. The number of carbonyl (C=O) groups excluding carboxylic acids is 1. The Bertz CT molecular complexity index is 802. The van der Waals surface area contributed by atoms with Gasteiger partial charge in [0.2, 0.25) is 0 Å². The summed E-state index contributed by atoms with van der Waals surface area (Å²) < 4.78 is 5.77. The third-order valence-electron chi connectivity index (χ3n) is 5.15. The fraction of sp³-hybridized carbons (Fsp3) is 0.381. The van der Waals surface area contributed by atoms with Crippen LogP contribution in [0.2, 0.25) is 5.02 Å². The van der Waals surface area contributed by atoms with Crippen LogP contribution < -0.4 is 10.1 Å². The lowest BCUT2D eigenvalue weighted by Gasteiger charge is -2.18. The van der Waals surface area contributed by atoms with Gasteiger partial charge in [0.25, 0.3) is 5.91 Å². The van der Waals surface area contributed by atoms with E-state index in [-0.39, 0.29) is 5.91 Å². The molecule has 0 saturated carbocycles. The monoisotopic (exact) mass is 370 g/mol. The SMILES string of the molecule is O=C(NCc1ccccc1CN1CCCC1)C1Cc2cc(Cl)ccc2O1. The van der Waals surface area contributed by atoms with E-state index in [0.717, 1.165) is 30.9 Å². The van der Waals surface area contributed by atoms with E-state index >= 15 is 0 Å². The molecule has 1 N–H and O–H groups in total. The third-order valence-corrected chi connectivity index (χ3v) is 5.39. The van der Waals surface area contributed by atoms with E-state index in [0.29, 0.717) is 18.0 Å². The molecule has 2 aromatic rings. The number of nitrogens with zero attached hydrogens (tertiary/aromatic N) is 1. The van der Waals surface area contributed by atoms with Gasteiger partial charge in [-0.1, -0.05) is 35.9 Å². The van der Waals surface area contributed by atoms with Gasteiger partial charge in [0.05, 0.1) is 0 Å². The number of hydrogen-bond donors (Lipinski definition) is 1. The predicted octanol–water partition coefficient (Wildman–Crippen LogP) is 3.56. The number of ether oxygens (including phenoxy) is 1. The van der Waals surface area contributed by atoms with Crippen LogP contribution >= 0.6 is 11.6 Å². The van der Waals surface area contributed by atoms with Gasteiger partial charge in [-0.2, -0.15) is 0 Å². The van der Waals surface area contributed by atoms with Crippen LogP contribution in [0.25, 0.3) is 0 Å². The van der Waals surface area contributed by atoms with Crippen molar-refractivity contribution in [3.63, 3.8) is 0 Å². The molecule has 2 aliphatic rings. The van der Waals surface area contributed by atoms with E-state index in [1.54, 1.807) is 6.07 Å². The average molecular weight is 371 g/mol. The fourth-order valence-corrected chi connectivity index (χ4v) is 3.92. The summed E-state index contributed by atoms with van der Waals surface area (Å²) in [7, 11) is 0. The van der Waals surface area contributed by atoms with Crippen molar-refractivity contribution in [2.75, 3.05) is 13.1 Å². The van der Waals surface area contributed by atoms with Gasteiger partial charge in [-0.3, -0.25) is 9.69 Å². The molecule has 2 aliphatic heterocycles. The van der Waals surface area contributed by atoms with Crippen LogP contribution in [0, 0.1) is 0 Å². The molecule has 0 aromatic heterocycles. The predicted molar refractivity (Wildman–Crippen MR) is 102 cm³/mol. The number of nitrogens with one attached hydrogen (secondary N) is 1. The summed E-state index contributed by atoms with van der Waals surface area (Å²) >= 11 is 6.02. The minimum atomic E-state index is -0.478. The summed E-state index contributed by atoms with van der Waals surface area (Å²) in [4.78, 5) is 15.0. The minimum absolute atomic E-state index is 0.0756. The van der Waals surface area contributed by atoms with Crippen molar-refractivity contribution in [1.29, 1.82) is 0 Å². The van der Waals surface area contributed by atoms with Crippen LogP contribution in [0.3, 0.4) is 0 Å². The lowest BCUT2D eigenvalue weighted by molar-refractivity contribution is -0.127. The standard InChI is InChI=1S/C21H23ClN2O2/c22-18-7-8-19-17(11-18)12-20(26-19)21(25)23-13-15-5-1-2-6-16(15)14-24-9-3-4-10-24/h1-2,5-8,11,20H,3-4,9-10,12-14H2,(H,23,25). The highest BCUT2D eigenvalue weighted by Gasteiger charge is 2.29. The van der Waals surface area contributed by atoms with Gasteiger partial charge in [0.15, 0.2) is 6.10 Å². The fourth-order valence-electron chi connectivity index (χ4n) is 3.73. The maximum atomic E-state index is 12.5. The van der Waals surface area contributed by atoms with Gasteiger partial charge in [-0.25, -0.2) is 0 Å². The number of hydrogen-bond acceptors (Lipinski definition) is 3. The summed E-state index contributed by atoms with van der Waals surface area (Å²) in [5, 5.41) is 3.71. The molecule has 1 unspecified atom stereocenters. The van der Waals surface area contributed by atoms with Crippen LogP contribution in [0.15, 0.2) is 42.5 Å². The van der Waals surface area contributed by atoms with Crippen LogP contribution in [-0.2, 0) is 24.3 Å². The highest BCUT2D eigenvalue weighted by atomic mass is 35.5. The molecule has 1 saturated heterocycles. The number of likely N-dealkylation sites (tertiary alicyclic amines) is 1. The Morgan fingerprint density at radius 2 is 1.92 bits per heavy atom. The normalized spacial score (nSPS) is 19.2. The van der Waals surface area contributed by atoms with Crippen LogP contribution in [-0.4, -0.2) is 30.0 Å². The Balaban J connectivity index is 1.36. The number of fused-ring (bicyclic) bond motifs is 1. The molecule has 1 amide bonds. The molecule has 0 bridgehead atoms. The van der Waals surface area contributed by atoms with Gasteiger partial charge < -0.3 is 10.1 Å². The molecule has 1 fully saturated rings. The number of carbonyl (C=O) groups is 1. The summed E-state index contributed by atoms with van der Waals surface area (Å²) in [5.41, 5.74) is 3.45. The molecule has 0 aliphatic carbocycles. The number of rotatable bonds is 5. The molecule has 0 radical (unpaired) electrons. The first-order chi connectivity index (χ1) is 12.7. The largest absolute Gasteiger partial charge is 0.480 e. The van der Waals surface area contributed by atoms with Crippen molar-refractivity contribution < 1.29 is 9.53 Å². The van der Waals surface area contributed by atoms with Crippen LogP contribution in [0.1, 0.15) is 29.5 Å². The molecule has 0 spiro atoms. The van der Waals surface area contributed by atoms with E-state index < -0.39 is 6.10 Å². The lowest BCUT2D eigenvalue weighted by Crippen LogP contribution is -2.37. The second-order valence-electron chi connectivity index (χ2n) is 7.03. The molecule has 2 aromatic carbocycles. The topological polar surface area (TPSA) is 41.6 Å². The van der Waals surface area contributed by atoms with E-state index in [2.05, 4.69) is 28.4 Å². The second-order valence-corrected chi connectivity index (χ2v) is 7.47. The molecule has 136 valence electrons. The molecule has 4 rings (SSSR count). The quantitative estimate of drug-likeness (QED) is 0.875. The van der Waals surface area contributed by atoms with Crippen molar-refractivity contribution in [3.05, 3.63) is 64.2 Å². The van der Waals surface area contributed by atoms with Crippen molar-refractivity contribution in [1.82, 2.24) is 10.2 Å². The average Bonchev–Trinajstić information content (AvgIpc) is 3.30. The van der Waals surface area contributed by atoms with Gasteiger partial charge >= 0.3 is 0 Å². The van der Waals surface area contributed by atoms with E-state index in [1.807, 2.05) is 18.2 Å². The van der Waals surface area contributed by atoms with Crippen molar-refractivity contribution in [3.8, 4) is 5.75 Å². The lowest BCUT2D eigenvalue weighted by atomic mass is 10.1. The molecule has 26 heavy (non-hydrogen) atoms. The summed E-state index contributed by atoms with van der Waals surface area (Å²) in [6.45, 7) is 3.81. The molecule has 1 atom stereocenters. The highest BCUT2D eigenvalue weighted by molar-refractivity contribution is 6.30. The van der Waals surface area contributed by atoms with Crippen LogP contribution in [0.5, 0.6) is 5.75 Å². The number of halogens is 1. The van der Waals surface area contributed by atoms with E-state index in [4.69, 9.17) is 16.3 Å². The minimum Gasteiger partial charge on any atom is -0.480 e.